The van der Waals surface area contributed by atoms with E-state index in [1.54, 1.807) is 0 Å². The number of hydrogen-bond donors (Lipinski definition) is 0. The molecule has 1 unspecified atom stereocenters. The summed E-state index contributed by atoms with van der Waals surface area (Å²) in [7, 11) is 0. The first-order chi connectivity index (χ1) is 41.5. The summed E-state index contributed by atoms with van der Waals surface area (Å²) in [4.78, 5) is 15.1. The van der Waals surface area contributed by atoms with Crippen LogP contribution in [0.3, 0.4) is 0 Å². The summed E-state index contributed by atoms with van der Waals surface area (Å²) < 4.78 is 17.1. The SMILES string of the molecule is [C-]#[N+]c1ccc2c(c1)c1ccccc1n2-c1cccc2c1Oc1c(-n3c4ccccc4c4ccccc43)cccc1C21c2cc(-n3c4ccccc4c4ccccc43)cnc2-c2ncc(-n3c4ccc(C#N)cc4c4cc(C#N)ccc43)cc21. The molecule has 10 aromatic carbocycles. The molecule has 0 fully saturated rings. The Hall–Kier alpha value is -12.0. The van der Waals surface area contributed by atoms with Crippen molar-refractivity contribution >= 4 is 92.9 Å². The molecule has 386 valence electrons. The lowest BCUT2D eigenvalue weighted by molar-refractivity contribution is 0.433. The molecule has 1 aliphatic heterocycles. The van der Waals surface area contributed by atoms with Gasteiger partial charge in [-0.25, -0.2) is 4.85 Å². The number of pyridine rings is 2. The van der Waals surface area contributed by atoms with E-state index in [1.807, 2.05) is 60.9 Å². The largest absolute Gasteiger partial charge is 0.452 e. The predicted octanol–water partition coefficient (Wildman–Crippen LogP) is 17.6. The highest BCUT2D eigenvalue weighted by Gasteiger charge is 2.54. The summed E-state index contributed by atoms with van der Waals surface area (Å²) in [6, 6.07) is 82.5. The van der Waals surface area contributed by atoms with E-state index in [9.17, 15) is 10.5 Å². The van der Waals surface area contributed by atoms with E-state index in [4.69, 9.17) is 21.3 Å². The zero-order valence-electron chi connectivity index (χ0n) is 44.4. The van der Waals surface area contributed by atoms with Crippen LogP contribution in [0.15, 0.2) is 237 Å². The van der Waals surface area contributed by atoms with E-state index in [2.05, 4.69) is 211 Å². The molecule has 0 bridgehead atoms. The number of fused-ring (bicyclic) bond motifs is 21. The number of nitriles is 2. The molecule has 1 atom stereocenters. The van der Waals surface area contributed by atoms with Gasteiger partial charge in [0.25, 0.3) is 0 Å². The van der Waals surface area contributed by atoms with Crippen LogP contribution in [0.2, 0.25) is 0 Å². The van der Waals surface area contributed by atoms with Gasteiger partial charge in [0.05, 0.1) is 126 Å². The van der Waals surface area contributed by atoms with Crippen molar-refractivity contribution in [1.82, 2.24) is 28.2 Å². The van der Waals surface area contributed by atoms with Gasteiger partial charge in [0, 0.05) is 60.0 Å². The van der Waals surface area contributed by atoms with Gasteiger partial charge < -0.3 is 23.0 Å². The van der Waals surface area contributed by atoms with Crippen molar-refractivity contribution < 1.29 is 4.74 Å². The minimum Gasteiger partial charge on any atom is -0.452 e. The number of ether oxygens (including phenoxy) is 1. The fraction of sp³-hybridized carbons (Fsp3) is 0.0135. The molecule has 0 radical (unpaired) electrons. The van der Waals surface area contributed by atoms with Crippen molar-refractivity contribution in [1.29, 1.82) is 10.5 Å². The van der Waals surface area contributed by atoms with Crippen LogP contribution in [0.25, 0.3) is 126 Å². The van der Waals surface area contributed by atoms with Crippen molar-refractivity contribution in [2.75, 3.05) is 0 Å². The number of para-hydroxylation sites is 7. The Morgan fingerprint density at radius 3 is 1.17 bits per heavy atom. The second-order valence-electron chi connectivity index (χ2n) is 21.8. The lowest BCUT2D eigenvalue weighted by Gasteiger charge is -2.40. The van der Waals surface area contributed by atoms with Crippen molar-refractivity contribution in [2.45, 2.75) is 5.41 Å². The first-order valence-electron chi connectivity index (χ1n) is 27.8. The van der Waals surface area contributed by atoms with E-state index in [1.165, 1.54) is 0 Å². The molecule has 16 aromatic rings. The van der Waals surface area contributed by atoms with Crippen molar-refractivity contribution in [3.05, 3.63) is 282 Å². The average Bonchev–Trinajstić information content (AvgIpc) is 1.82. The van der Waals surface area contributed by atoms with E-state index >= 15 is 0 Å². The zero-order chi connectivity index (χ0) is 55.5. The fourth-order valence-corrected chi connectivity index (χ4v) is 14.4. The quantitative estimate of drug-likeness (QED) is 0.163. The van der Waals surface area contributed by atoms with Gasteiger partial charge in [0.1, 0.15) is 0 Å². The number of nitrogens with zero attached hydrogens (tertiary/aromatic N) is 9. The highest BCUT2D eigenvalue weighted by molar-refractivity contribution is 6.13. The van der Waals surface area contributed by atoms with Gasteiger partial charge in [-0.3, -0.25) is 9.97 Å². The Morgan fingerprint density at radius 2 is 0.738 bits per heavy atom. The molecule has 1 aliphatic carbocycles. The second kappa shape index (κ2) is 16.8. The van der Waals surface area contributed by atoms with Crippen LogP contribution in [-0.4, -0.2) is 28.2 Å². The zero-order valence-corrected chi connectivity index (χ0v) is 44.4. The third kappa shape index (κ3) is 5.88. The smallest absolute Gasteiger partial charge is 0.188 e. The number of benzene rings is 10. The maximum absolute atomic E-state index is 10.2. The van der Waals surface area contributed by atoms with Gasteiger partial charge in [0.15, 0.2) is 17.2 Å². The lowest BCUT2D eigenvalue weighted by atomic mass is 9.66. The molecule has 10 heteroatoms. The highest BCUT2D eigenvalue weighted by atomic mass is 16.5. The van der Waals surface area contributed by atoms with Crippen molar-refractivity contribution in [3.8, 4) is 57.8 Å². The van der Waals surface area contributed by atoms with Crippen LogP contribution in [0.4, 0.5) is 5.69 Å². The van der Waals surface area contributed by atoms with Gasteiger partial charge in [-0.2, -0.15) is 10.5 Å². The summed E-state index contributed by atoms with van der Waals surface area (Å²) in [6.45, 7) is 8.06. The third-order valence-electron chi connectivity index (χ3n) is 17.7. The topological polar surface area (TPSA) is 107 Å². The Kier molecular flexibility index (Phi) is 9.14. The Labute approximate surface area is 478 Å². The molecule has 7 heterocycles. The maximum Gasteiger partial charge on any atom is 0.188 e. The van der Waals surface area contributed by atoms with Gasteiger partial charge in [-0.05, 0) is 109 Å². The van der Waals surface area contributed by atoms with Gasteiger partial charge >= 0.3 is 0 Å². The second-order valence-corrected chi connectivity index (χ2v) is 21.8. The number of hydrogen-bond acceptors (Lipinski definition) is 5. The third-order valence-corrected chi connectivity index (χ3v) is 17.7. The van der Waals surface area contributed by atoms with E-state index in [0.29, 0.717) is 28.3 Å². The van der Waals surface area contributed by atoms with Gasteiger partial charge in [0.2, 0.25) is 0 Å². The minimum atomic E-state index is -1.17. The lowest BCUT2D eigenvalue weighted by Crippen LogP contribution is -2.33. The highest BCUT2D eigenvalue weighted by Crippen LogP contribution is 2.64. The summed E-state index contributed by atoms with van der Waals surface area (Å²) >= 11 is 0. The summed E-state index contributed by atoms with van der Waals surface area (Å²) in [5, 5.41) is 28.7. The molecular weight excluding hydrogens is 1030 g/mol. The standard InChI is InChI=1S/C74H39N9O/c1-77-45-30-33-67-55(36-45)52-18-6-11-25-64(52)83(67)69-27-13-20-57-73(69)84-72-56(19-12-26-68(72)82-62-23-9-4-16-50(62)51-17-5-10-24-63(51)82)74(57)58-37-46(80-60-21-7-2-14-48(60)49-15-3-8-22-61(49)80)41-78-70(58)71-59(74)38-47(42-79-71)81-65-31-28-43(39-75)34-53(65)54-35-44(40-76)29-32-66(54)81/h2-38,41-42H. The van der Waals surface area contributed by atoms with Crippen LogP contribution < -0.4 is 4.74 Å². The minimum absolute atomic E-state index is 0.524. The Bertz CT molecular complexity index is 5610. The van der Waals surface area contributed by atoms with Crippen LogP contribution in [0, 0.1) is 29.2 Å². The average molecular weight is 1070 g/mol. The molecule has 2 aliphatic rings. The first-order valence-corrected chi connectivity index (χ1v) is 27.8. The fourth-order valence-electron chi connectivity index (χ4n) is 14.4. The summed E-state index contributed by atoms with van der Waals surface area (Å²) in [6.07, 6.45) is 3.92. The van der Waals surface area contributed by atoms with Crippen LogP contribution in [0.5, 0.6) is 11.5 Å². The van der Waals surface area contributed by atoms with E-state index in [0.717, 1.165) is 144 Å². The molecule has 84 heavy (non-hydrogen) atoms. The number of aromatic nitrogens is 6. The predicted molar refractivity (Wildman–Crippen MR) is 332 cm³/mol. The molecule has 6 aromatic heterocycles. The molecule has 0 saturated carbocycles. The molecule has 0 saturated heterocycles. The van der Waals surface area contributed by atoms with Crippen molar-refractivity contribution in [2.24, 2.45) is 0 Å². The van der Waals surface area contributed by atoms with E-state index in [-0.39, 0.29) is 0 Å². The molecule has 1 spiro atoms. The molecule has 0 amide bonds. The summed E-state index contributed by atoms with van der Waals surface area (Å²) in [5.74, 6) is 1.34. The van der Waals surface area contributed by atoms with E-state index < -0.39 is 5.41 Å². The van der Waals surface area contributed by atoms with Crippen molar-refractivity contribution in [3.63, 3.8) is 0 Å². The number of rotatable bonds is 4. The van der Waals surface area contributed by atoms with Gasteiger partial charge in [-0.1, -0.05) is 121 Å². The molecule has 10 nitrogen and oxygen atoms in total. The Balaban J connectivity index is 1.02. The van der Waals surface area contributed by atoms with Crippen LogP contribution in [0.1, 0.15) is 33.4 Å². The Morgan fingerprint density at radius 1 is 0.369 bits per heavy atom. The molecular formula is C74H39N9O. The van der Waals surface area contributed by atoms with Gasteiger partial charge in [-0.15, -0.1) is 0 Å². The molecule has 0 N–H and O–H groups in total. The molecule has 18 rings (SSSR count). The normalized spacial score (nSPS) is 14.1. The monoisotopic (exact) mass is 1070 g/mol. The van der Waals surface area contributed by atoms with Crippen LogP contribution >= 0.6 is 0 Å². The summed E-state index contributed by atoms with van der Waals surface area (Å²) in [5.41, 5.74) is 16.8. The maximum atomic E-state index is 10.2. The first kappa shape index (κ1) is 45.8. The van der Waals surface area contributed by atoms with Crippen LogP contribution in [-0.2, 0) is 5.41 Å².